The standard InChI is InChI=1S/C16H26N4O/c1-5-13(21)12-19-8-10-20(11-9-19)15-7-6-14(17-18-15)16(2,3)4/h6-7H,5,8-12H2,1-4H3. The normalized spacial score (nSPS) is 17.0. The molecule has 5 nitrogen and oxygen atoms in total. The molecule has 0 radical (unpaired) electrons. The molecule has 0 amide bonds. The second-order valence-electron chi connectivity index (χ2n) is 6.68. The quantitative estimate of drug-likeness (QED) is 0.847. The zero-order valence-electron chi connectivity index (χ0n) is 13.6. The van der Waals surface area contributed by atoms with Crippen LogP contribution in [0.4, 0.5) is 5.82 Å². The summed E-state index contributed by atoms with van der Waals surface area (Å²) in [4.78, 5) is 15.9. The van der Waals surface area contributed by atoms with E-state index in [0.717, 1.165) is 37.7 Å². The summed E-state index contributed by atoms with van der Waals surface area (Å²) < 4.78 is 0. The molecule has 0 saturated carbocycles. The van der Waals surface area contributed by atoms with E-state index in [1.807, 2.05) is 6.92 Å². The summed E-state index contributed by atoms with van der Waals surface area (Å²) in [6, 6.07) is 4.12. The number of aromatic nitrogens is 2. The molecule has 21 heavy (non-hydrogen) atoms. The van der Waals surface area contributed by atoms with E-state index in [4.69, 9.17) is 0 Å². The Balaban J connectivity index is 1.92. The second kappa shape index (κ2) is 6.52. The molecule has 2 heterocycles. The van der Waals surface area contributed by atoms with Gasteiger partial charge in [-0.15, -0.1) is 5.10 Å². The largest absolute Gasteiger partial charge is 0.353 e. The average molecular weight is 290 g/mol. The minimum absolute atomic E-state index is 0.0325. The van der Waals surface area contributed by atoms with Gasteiger partial charge >= 0.3 is 0 Å². The number of carbonyl (C=O) groups excluding carboxylic acids is 1. The molecule has 116 valence electrons. The number of Topliss-reactive ketones (excluding diaryl/α,β-unsaturated/α-hetero) is 1. The maximum atomic E-state index is 11.5. The van der Waals surface area contributed by atoms with Crippen LogP contribution >= 0.6 is 0 Å². The molecule has 2 rings (SSSR count). The van der Waals surface area contributed by atoms with Crippen LogP contribution in [0.25, 0.3) is 0 Å². The lowest BCUT2D eigenvalue weighted by molar-refractivity contribution is -0.119. The summed E-state index contributed by atoms with van der Waals surface area (Å²) in [6.07, 6.45) is 0.625. The van der Waals surface area contributed by atoms with E-state index < -0.39 is 0 Å². The molecule has 1 aliphatic heterocycles. The van der Waals surface area contributed by atoms with Crippen molar-refractivity contribution in [1.29, 1.82) is 0 Å². The fourth-order valence-electron chi connectivity index (χ4n) is 2.39. The topological polar surface area (TPSA) is 49.3 Å². The first-order valence-electron chi connectivity index (χ1n) is 7.73. The van der Waals surface area contributed by atoms with Crippen molar-refractivity contribution in [3.63, 3.8) is 0 Å². The maximum absolute atomic E-state index is 11.5. The fraction of sp³-hybridized carbons (Fsp3) is 0.688. The molecular weight excluding hydrogens is 264 g/mol. The predicted molar refractivity (Wildman–Crippen MR) is 84.7 cm³/mol. The van der Waals surface area contributed by atoms with Crippen molar-refractivity contribution in [3.05, 3.63) is 17.8 Å². The van der Waals surface area contributed by atoms with Crippen LogP contribution in [0.15, 0.2) is 12.1 Å². The third-order valence-electron chi connectivity index (χ3n) is 3.91. The first kappa shape index (κ1) is 15.9. The number of anilines is 1. The monoisotopic (exact) mass is 290 g/mol. The predicted octanol–water partition coefficient (Wildman–Crippen LogP) is 1.88. The van der Waals surface area contributed by atoms with Crippen LogP contribution in [-0.2, 0) is 10.2 Å². The highest BCUT2D eigenvalue weighted by Gasteiger charge is 2.21. The van der Waals surface area contributed by atoms with Crippen molar-refractivity contribution in [2.45, 2.75) is 39.5 Å². The lowest BCUT2D eigenvalue weighted by Gasteiger charge is -2.34. The molecule has 5 heteroatoms. The number of carbonyl (C=O) groups is 1. The fourth-order valence-corrected chi connectivity index (χ4v) is 2.39. The summed E-state index contributed by atoms with van der Waals surface area (Å²) >= 11 is 0. The number of hydrogen-bond acceptors (Lipinski definition) is 5. The van der Waals surface area contributed by atoms with E-state index >= 15 is 0 Å². The number of hydrogen-bond donors (Lipinski definition) is 0. The lowest BCUT2D eigenvalue weighted by Crippen LogP contribution is -2.48. The van der Waals surface area contributed by atoms with Crippen LogP contribution in [0.1, 0.15) is 39.8 Å². The van der Waals surface area contributed by atoms with Crippen LogP contribution in [0, 0.1) is 0 Å². The molecule has 0 atom stereocenters. The minimum atomic E-state index is 0.0325. The van der Waals surface area contributed by atoms with Crippen molar-refractivity contribution in [3.8, 4) is 0 Å². The van der Waals surface area contributed by atoms with Crippen molar-refractivity contribution in [2.24, 2.45) is 0 Å². The third-order valence-corrected chi connectivity index (χ3v) is 3.91. The molecular formula is C16H26N4O. The summed E-state index contributed by atoms with van der Waals surface area (Å²) in [5, 5.41) is 8.71. The number of rotatable bonds is 4. The zero-order chi connectivity index (χ0) is 15.5. The first-order valence-corrected chi connectivity index (χ1v) is 7.73. The van der Waals surface area contributed by atoms with Gasteiger partial charge in [-0.05, 0) is 12.1 Å². The molecule has 0 spiro atoms. The smallest absolute Gasteiger partial charge is 0.151 e. The van der Waals surface area contributed by atoms with Gasteiger partial charge in [-0.1, -0.05) is 27.7 Å². The van der Waals surface area contributed by atoms with Gasteiger partial charge in [-0.25, -0.2) is 0 Å². The second-order valence-corrected chi connectivity index (χ2v) is 6.68. The molecule has 1 fully saturated rings. The van der Waals surface area contributed by atoms with Gasteiger partial charge in [0.15, 0.2) is 5.82 Å². The Hall–Kier alpha value is -1.49. The van der Waals surface area contributed by atoms with E-state index in [-0.39, 0.29) is 5.41 Å². The molecule has 0 aliphatic carbocycles. The van der Waals surface area contributed by atoms with Crippen LogP contribution in [0.3, 0.4) is 0 Å². The van der Waals surface area contributed by atoms with E-state index in [1.165, 1.54) is 0 Å². The third kappa shape index (κ3) is 4.24. The maximum Gasteiger partial charge on any atom is 0.151 e. The number of piperazine rings is 1. The van der Waals surface area contributed by atoms with Gasteiger partial charge in [-0.3, -0.25) is 9.69 Å². The molecule has 0 unspecified atom stereocenters. The lowest BCUT2D eigenvalue weighted by atomic mass is 9.92. The van der Waals surface area contributed by atoms with Crippen LogP contribution in [0.2, 0.25) is 0 Å². The van der Waals surface area contributed by atoms with Gasteiger partial charge in [-0.2, -0.15) is 5.10 Å². The van der Waals surface area contributed by atoms with E-state index in [2.05, 4.69) is 52.9 Å². The van der Waals surface area contributed by atoms with Crippen LogP contribution in [0.5, 0.6) is 0 Å². The molecule has 1 aromatic heterocycles. The Kier molecular flexibility index (Phi) is 4.93. The Labute approximate surface area is 127 Å². The van der Waals surface area contributed by atoms with E-state index in [9.17, 15) is 4.79 Å². The van der Waals surface area contributed by atoms with Gasteiger partial charge in [0.25, 0.3) is 0 Å². The van der Waals surface area contributed by atoms with E-state index in [1.54, 1.807) is 0 Å². The van der Waals surface area contributed by atoms with Gasteiger partial charge in [0.05, 0.1) is 12.2 Å². The molecule has 0 N–H and O–H groups in total. The Bertz CT molecular complexity index is 470. The van der Waals surface area contributed by atoms with Crippen LogP contribution in [-0.4, -0.2) is 53.6 Å². The number of nitrogens with zero attached hydrogens (tertiary/aromatic N) is 4. The summed E-state index contributed by atoms with van der Waals surface area (Å²) in [7, 11) is 0. The van der Waals surface area contributed by atoms with Crippen molar-refractivity contribution < 1.29 is 4.79 Å². The highest BCUT2D eigenvalue weighted by Crippen LogP contribution is 2.21. The summed E-state index contributed by atoms with van der Waals surface area (Å²) in [5.41, 5.74) is 1.04. The first-order chi connectivity index (χ1) is 9.90. The highest BCUT2D eigenvalue weighted by molar-refractivity contribution is 5.80. The molecule has 0 bridgehead atoms. The van der Waals surface area contributed by atoms with Crippen LogP contribution < -0.4 is 4.90 Å². The number of ketones is 1. The molecule has 1 aromatic rings. The molecule has 1 aliphatic rings. The van der Waals surface area contributed by atoms with Gasteiger partial charge in [0.2, 0.25) is 0 Å². The Morgan fingerprint density at radius 3 is 2.29 bits per heavy atom. The van der Waals surface area contributed by atoms with Crippen molar-refractivity contribution in [2.75, 3.05) is 37.6 Å². The Morgan fingerprint density at radius 2 is 1.81 bits per heavy atom. The summed E-state index contributed by atoms with van der Waals surface area (Å²) in [5.74, 6) is 1.25. The van der Waals surface area contributed by atoms with Gasteiger partial charge in [0.1, 0.15) is 5.78 Å². The average Bonchev–Trinajstić information content (AvgIpc) is 2.47. The molecule has 1 saturated heterocycles. The Morgan fingerprint density at radius 1 is 1.14 bits per heavy atom. The van der Waals surface area contributed by atoms with Crippen molar-refractivity contribution in [1.82, 2.24) is 15.1 Å². The van der Waals surface area contributed by atoms with Crippen molar-refractivity contribution >= 4 is 11.6 Å². The summed E-state index contributed by atoms with van der Waals surface area (Å²) in [6.45, 7) is 12.6. The van der Waals surface area contributed by atoms with E-state index in [0.29, 0.717) is 18.7 Å². The zero-order valence-corrected chi connectivity index (χ0v) is 13.6. The highest BCUT2D eigenvalue weighted by atomic mass is 16.1. The molecule has 0 aromatic carbocycles. The minimum Gasteiger partial charge on any atom is -0.353 e. The SMILES string of the molecule is CCC(=O)CN1CCN(c2ccc(C(C)(C)C)nn2)CC1. The van der Waals surface area contributed by atoms with Gasteiger partial charge in [0, 0.05) is 38.0 Å². The van der Waals surface area contributed by atoms with Gasteiger partial charge < -0.3 is 4.90 Å².